The molecule has 0 aromatic heterocycles. The van der Waals surface area contributed by atoms with Crippen molar-refractivity contribution < 1.29 is 9.53 Å². The van der Waals surface area contributed by atoms with Gasteiger partial charge in [-0.05, 0) is 11.6 Å². The number of esters is 1. The van der Waals surface area contributed by atoms with E-state index in [9.17, 15) is 4.79 Å². The number of hydrogen-bond donors (Lipinski definition) is 0. The molecule has 2 heteroatoms. The second-order valence-corrected chi connectivity index (χ2v) is 2.80. The summed E-state index contributed by atoms with van der Waals surface area (Å²) in [6.45, 7) is 4.93. The van der Waals surface area contributed by atoms with Crippen LogP contribution in [0.1, 0.15) is 12.5 Å². The first-order valence-electron chi connectivity index (χ1n) is 4.29. The zero-order chi connectivity index (χ0) is 10.4. The van der Waals surface area contributed by atoms with Gasteiger partial charge < -0.3 is 4.74 Å². The van der Waals surface area contributed by atoms with Crippen LogP contribution in [0.3, 0.4) is 0 Å². The lowest BCUT2D eigenvalue weighted by Gasteiger charge is -1.98. The van der Waals surface area contributed by atoms with E-state index in [1.807, 2.05) is 36.4 Å². The van der Waals surface area contributed by atoms with E-state index >= 15 is 0 Å². The number of carbonyl (C=O) groups excluding carboxylic acids is 1. The van der Waals surface area contributed by atoms with E-state index in [-0.39, 0.29) is 5.97 Å². The molecule has 0 bridgehead atoms. The molecule has 0 aliphatic heterocycles. The van der Waals surface area contributed by atoms with Gasteiger partial charge in [0.1, 0.15) is 5.76 Å². The molecule has 0 aliphatic rings. The standard InChI is InChI=1S/C12H12O2/c1-10(14-11(2)13)8-9-12-6-4-3-5-7-12/h3-9H,1H2,2H3. The molecule has 72 valence electrons. The van der Waals surface area contributed by atoms with Crippen molar-refractivity contribution in [3.05, 3.63) is 54.3 Å². The first-order chi connectivity index (χ1) is 6.68. The zero-order valence-electron chi connectivity index (χ0n) is 8.07. The van der Waals surface area contributed by atoms with Crippen LogP contribution in [0.25, 0.3) is 6.08 Å². The largest absolute Gasteiger partial charge is 0.427 e. The third-order valence-corrected chi connectivity index (χ3v) is 1.54. The highest BCUT2D eigenvalue weighted by atomic mass is 16.5. The van der Waals surface area contributed by atoms with Crippen LogP contribution < -0.4 is 0 Å². The van der Waals surface area contributed by atoms with Gasteiger partial charge in [0.2, 0.25) is 0 Å². The highest BCUT2D eigenvalue weighted by Crippen LogP contribution is 2.04. The molecule has 0 radical (unpaired) electrons. The maximum atomic E-state index is 10.5. The Morgan fingerprint density at radius 2 is 2.00 bits per heavy atom. The van der Waals surface area contributed by atoms with E-state index in [0.29, 0.717) is 5.76 Å². The first kappa shape index (κ1) is 10.3. The molecule has 0 aliphatic carbocycles. The molecule has 0 N–H and O–H groups in total. The summed E-state index contributed by atoms with van der Waals surface area (Å²) >= 11 is 0. The Morgan fingerprint density at radius 3 is 2.57 bits per heavy atom. The summed E-state index contributed by atoms with van der Waals surface area (Å²) in [5.41, 5.74) is 1.04. The summed E-state index contributed by atoms with van der Waals surface area (Å²) in [5.74, 6) is -0.00550. The molecule has 0 saturated carbocycles. The summed E-state index contributed by atoms with van der Waals surface area (Å²) in [4.78, 5) is 10.5. The van der Waals surface area contributed by atoms with Crippen molar-refractivity contribution in [3.8, 4) is 0 Å². The minimum atomic E-state index is -0.354. The number of benzene rings is 1. The Bertz CT molecular complexity index is 350. The van der Waals surface area contributed by atoms with E-state index in [2.05, 4.69) is 6.58 Å². The van der Waals surface area contributed by atoms with Crippen molar-refractivity contribution in [3.63, 3.8) is 0 Å². The zero-order valence-corrected chi connectivity index (χ0v) is 8.07. The summed E-state index contributed by atoms with van der Waals surface area (Å²) in [5, 5.41) is 0. The number of carbonyl (C=O) groups is 1. The molecule has 0 spiro atoms. The molecule has 0 atom stereocenters. The molecule has 0 amide bonds. The van der Waals surface area contributed by atoms with Gasteiger partial charge >= 0.3 is 5.97 Å². The smallest absolute Gasteiger partial charge is 0.308 e. The normalized spacial score (nSPS) is 10.1. The lowest BCUT2D eigenvalue weighted by molar-refractivity contribution is -0.136. The lowest BCUT2D eigenvalue weighted by Crippen LogP contribution is -1.94. The maximum absolute atomic E-state index is 10.5. The predicted molar refractivity (Wildman–Crippen MR) is 56.4 cm³/mol. The predicted octanol–water partition coefficient (Wildman–Crippen LogP) is 2.78. The van der Waals surface area contributed by atoms with Crippen LogP contribution in [0.4, 0.5) is 0 Å². The second kappa shape index (κ2) is 5.02. The van der Waals surface area contributed by atoms with Crippen molar-refractivity contribution in [2.24, 2.45) is 0 Å². The van der Waals surface area contributed by atoms with E-state index in [0.717, 1.165) is 5.56 Å². The molecular formula is C12H12O2. The Kier molecular flexibility index (Phi) is 3.68. The van der Waals surface area contributed by atoms with Crippen molar-refractivity contribution in [2.45, 2.75) is 6.92 Å². The Morgan fingerprint density at radius 1 is 1.36 bits per heavy atom. The average Bonchev–Trinajstić information content (AvgIpc) is 2.15. The van der Waals surface area contributed by atoms with Crippen LogP contribution in [-0.2, 0) is 9.53 Å². The molecule has 14 heavy (non-hydrogen) atoms. The SMILES string of the molecule is C=C(C=Cc1ccccc1)OC(C)=O. The quantitative estimate of drug-likeness (QED) is 0.414. The van der Waals surface area contributed by atoms with Gasteiger partial charge in [-0.2, -0.15) is 0 Å². The summed E-state index contributed by atoms with van der Waals surface area (Å²) in [7, 11) is 0. The van der Waals surface area contributed by atoms with Crippen LogP contribution in [-0.4, -0.2) is 5.97 Å². The highest BCUT2D eigenvalue weighted by Gasteiger charge is 1.93. The van der Waals surface area contributed by atoms with Gasteiger partial charge in [0, 0.05) is 6.92 Å². The molecule has 2 nitrogen and oxygen atoms in total. The van der Waals surface area contributed by atoms with Crippen molar-refractivity contribution >= 4 is 12.0 Å². The maximum Gasteiger partial charge on any atom is 0.308 e. The van der Waals surface area contributed by atoms with Gasteiger partial charge in [-0.3, -0.25) is 4.79 Å². The summed E-state index contributed by atoms with van der Waals surface area (Å²) in [6, 6.07) is 9.73. The molecule has 1 aromatic carbocycles. The van der Waals surface area contributed by atoms with Gasteiger partial charge in [0.15, 0.2) is 0 Å². The van der Waals surface area contributed by atoms with Gasteiger partial charge in [0.05, 0.1) is 0 Å². The molecule has 0 saturated heterocycles. The van der Waals surface area contributed by atoms with Crippen molar-refractivity contribution in [1.82, 2.24) is 0 Å². The Labute approximate surface area is 83.5 Å². The fourth-order valence-electron chi connectivity index (χ4n) is 0.972. The minimum Gasteiger partial charge on any atom is -0.427 e. The first-order valence-corrected chi connectivity index (χ1v) is 4.29. The Hall–Kier alpha value is -1.83. The van der Waals surface area contributed by atoms with Gasteiger partial charge in [-0.15, -0.1) is 0 Å². The molecule has 1 rings (SSSR count). The lowest BCUT2D eigenvalue weighted by atomic mass is 10.2. The minimum absolute atomic E-state index is 0.348. The van der Waals surface area contributed by atoms with E-state index in [1.165, 1.54) is 6.92 Å². The fourth-order valence-corrected chi connectivity index (χ4v) is 0.972. The monoisotopic (exact) mass is 188 g/mol. The number of rotatable bonds is 3. The number of hydrogen-bond acceptors (Lipinski definition) is 2. The summed E-state index contributed by atoms with van der Waals surface area (Å²) < 4.78 is 4.75. The van der Waals surface area contributed by atoms with Crippen LogP contribution in [0.5, 0.6) is 0 Å². The highest BCUT2D eigenvalue weighted by molar-refractivity contribution is 5.68. The summed E-state index contributed by atoms with van der Waals surface area (Å²) in [6.07, 6.45) is 3.50. The van der Waals surface area contributed by atoms with E-state index < -0.39 is 0 Å². The van der Waals surface area contributed by atoms with Crippen LogP contribution in [0.2, 0.25) is 0 Å². The van der Waals surface area contributed by atoms with Gasteiger partial charge in [-0.1, -0.05) is 43.0 Å². The molecule has 0 unspecified atom stereocenters. The molecule has 1 aromatic rings. The van der Waals surface area contributed by atoms with Crippen LogP contribution >= 0.6 is 0 Å². The van der Waals surface area contributed by atoms with E-state index in [4.69, 9.17) is 4.74 Å². The third-order valence-electron chi connectivity index (χ3n) is 1.54. The van der Waals surface area contributed by atoms with Gasteiger partial charge in [-0.25, -0.2) is 0 Å². The third kappa shape index (κ3) is 3.72. The van der Waals surface area contributed by atoms with Crippen molar-refractivity contribution in [2.75, 3.05) is 0 Å². The van der Waals surface area contributed by atoms with E-state index in [1.54, 1.807) is 6.08 Å². The second-order valence-electron chi connectivity index (χ2n) is 2.80. The number of allylic oxidation sites excluding steroid dienone is 1. The molecule has 0 fully saturated rings. The Balaban J connectivity index is 2.56. The van der Waals surface area contributed by atoms with Gasteiger partial charge in [0.25, 0.3) is 0 Å². The molecular weight excluding hydrogens is 176 g/mol. The molecule has 0 heterocycles. The van der Waals surface area contributed by atoms with Crippen LogP contribution in [0, 0.1) is 0 Å². The topological polar surface area (TPSA) is 26.3 Å². The fraction of sp³-hybridized carbons (Fsp3) is 0.0833. The van der Waals surface area contributed by atoms with Crippen molar-refractivity contribution in [1.29, 1.82) is 0 Å². The number of ether oxygens (including phenoxy) is 1. The van der Waals surface area contributed by atoms with Crippen LogP contribution in [0.15, 0.2) is 48.7 Å². The average molecular weight is 188 g/mol.